The predicted octanol–water partition coefficient (Wildman–Crippen LogP) is 3.56. The molecule has 136 valence electrons. The van der Waals surface area contributed by atoms with Gasteiger partial charge in [-0.15, -0.1) is 0 Å². The molecule has 0 bridgehead atoms. The number of aryl methyl sites for hydroxylation is 2. The molecule has 1 aliphatic heterocycles. The van der Waals surface area contributed by atoms with Gasteiger partial charge in [-0.2, -0.15) is 0 Å². The third-order valence-electron chi connectivity index (χ3n) is 5.34. The minimum atomic E-state index is -0.480. The first-order valence-electron chi connectivity index (χ1n) is 9.27. The van der Waals surface area contributed by atoms with E-state index in [1.165, 1.54) is 18.6 Å². The van der Waals surface area contributed by atoms with Crippen LogP contribution in [-0.2, 0) is 6.54 Å². The molecule has 1 aliphatic rings. The molecule has 25 heavy (non-hydrogen) atoms. The molecule has 0 saturated carbocycles. The van der Waals surface area contributed by atoms with Crippen LogP contribution in [0.5, 0.6) is 0 Å². The van der Waals surface area contributed by atoms with Crippen molar-refractivity contribution in [3.8, 4) is 0 Å². The molecule has 4 nitrogen and oxygen atoms in total. The standard InChI is InChI=1S/C20H28FN3O/c1-16-22-10-15-24(16)12-3-2-11-23-13-8-18(9-14-23)20(25)17-4-6-19(21)7-5-17/h4-7,10,15,18,20,25H,2-3,8-9,11-14H2,1H3. The van der Waals surface area contributed by atoms with E-state index in [0.29, 0.717) is 0 Å². The normalized spacial score (nSPS) is 17.7. The van der Waals surface area contributed by atoms with Gasteiger partial charge in [-0.1, -0.05) is 12.1 Å². The number of aromatic nitrogens is 2. The summed E-state index contributed by atoms with van der Waals surface area (Å²) in [5, 5.41) is 10.5. The summed E-state index contributed by atoms with van der Waals surface area (Å²) in [6.45, 7) is 6.26. The molecule has 1 atom stereocenters. The van der Waals surface area contributed by atoms with Crippen molar-refractivity contribution >= 4 is 0 Å². The highest BCUT2D eigenvalue weighted by Gasteiger charge is 2.25. The van der Waals surface area contributed by atoms with Gasteiger partial charge in [0.2, 0.25) is 0 Å². The van der Waals surface area contributed by atoms with Crippen LogP contribution < -0.4 is 0 Å². The zero-order valence-electron chi connectivity index (χ0n) is 14.9. The molecule has 3 rings (SSSR count). The number of imidazole rings is 1. The Balaban J connectivity index is 1.37. The van der Waals surface area contributed by atoms with Gasteiger partial charge in [-0.3, -0.25) is 0 Å². The summed E-state index contributed by atoms with van der Waals surface area (Å²) in [5.74, 6) is 1.10. The number of rotatable bonds is 7. The predicted molar refractivity (Wildman–Crippen MR) is 96.7 cm³/mol. The van der Waals surface area contributed by atoms with Crippen LogP contribution in [0.25, 0.3) is 0 Å². The van der Waals surface area contributed by atoms with Crippen molar-refractivity contribution in [1.29, 1.82) is 0 Å². The highest BCUT2D eigenvalue weighted by atomic mass is 19.1. The first-order valence-corrected chi connectivity index (χ1v) is 9.27. The van der Waals surface area contributed by atoms with E-state index in [1.807, 2.05) is 19.3 Å². The Labute approximate surface area is 149 Å². The summed E-state index contributed by atoms with van der Waals surface area (Å²) in [5.41, 5.74) is 0.829. The Morgan fingerprint density at radius 3 is 2.48 bits per heavy atom. The summed E-state index contributed by atoms with van der Waals surface area (Å²) in [7, 11) is 0. The van der Waals surface area contributed by atoms with Crippen molar-refractivity contribution < 1.29 is 9.50 Å². The summed E-state index contributed by atoms with van der Waals surface area (Å²) in [4.78, 5) is 6.74. The molecule has 0 amide bonds. The number of aliphatic hydroxyl groups excluding tert-OH is 1. The Kier molecular flexibility index (Phi) is 6.21. The van der Waals surface area contributed by atoms with E-state index < -0.39 is 6.10 Å². The second-order valence-corrected chi connectivity index (χ2v) is 7.05. The summed E-state index contributed by atoms with van der Waals surface area (Å²) in [6, 6.07) is 6.25. The minimum Gasteiger partial charge on any atom is -0.388 e. The van der Waals surface area contributed by atoms with Crippen LogP contribution in [0.15, 0.2) is 36.7 Å². The lowest BCUT2D eigenvalue weighted by molar-refractivity contribution is 0.0583. The van der Waals surface area contributed by atoms with Crippen molar-refractivity contribution in [2.75, 3.05) is 19.6 Å². The number of nitrogens with zero attached hydrogens (tertiary/aromatic N) is 3. The van der Waals surface area contributed by atoms with Crippen molar-refractivity contribution in [2.24, 2.45) is 5.92 Å². The maximum absolute atomic E-state index is 13.0. The second kappa shape index (κ2) is 8.59. The molecule has 1 saturated heterocycles. The molecule has 0 spiro atoms. The maximum atomic E-state index is 13.0. The smallest absolute Gasteiger partial charge is 0.123 e. The number of aliphatic hydroxyl groups is 1. The number of halogens is 1. The van der Waals surface area contributed by atoms with E-state index in [9.17, 15) is 9.50 Å². The Hall–Kier alpha value is -1.72. The lowest BCUT2D eigenvalue weighted by Crippen LogP contribution is -2.36. The Morgan fingerprint density at radius 1 is 1.16 bits per heavy atom. The SMILES string of the molecule is Cc1nccn1CCCCN1CCC(C(O)c2ccc(F)cc2)CC1. The highest BCUT2D eigenvalue weighted by Crippen LogP contribution is 2.30. The first-order chi connectivity index (χ1) is 12.1. The molecule has 1 aromatic heterocycles. The Morgan fingerprint density at radius 2 is 1.84 bits per heavy atom. The van der Waals surface area contributed by atoms with Crippen LogP contribution in [0.4, 0.5) is 4.39 Å². The van der Waals surface area contributed by atoms with Crippen LogP contribution >= 0.6 is 0 Å². The average Bonchev–Trinajstić information content (AvgIpc) is 3.04. The van der Waals surface area contributed by atoms with Gasteiger partial charge in [-0.25, -0.2) is 9.37 Å². The third kappa shape index (κ3) is 4.89. The van der Waals surface area contributed by atoms with E-state index in [0.717, 1.165) is 56.8 Å². The first kappa shape index (κ1) is 18.1. The van der Waals surface area contributed by atoms with Gasteiger partial charge in [0.1, 0.15) is 11.6 Å². The van der Waals surface area contributed by atoms with Gasteiger partial charge in [0.05, 0.1) is 6.10 Å². The van der Waals surface area contributed by atoms with Gasteiger partial charge in [0, 0.05) is 18.9 Å². The van der Waals surface area contributed by atoms with Crippen LogP contribution in [0, 0.1) is 18.7 Å². The molecule has 0 radical (unpaired) electrons. The fourth-order valence-electron chi connectivity index (χ4n) is 3.68. The fourth-order valence-corrected chi connectivity index (χ4v) is 3.68. The molecular formula is C20H28FN3O. The number of hydrogen-bond donors (Lipinski definition) is 1. The van der Waals surface area contributed by atoms with E-state index in [1.54, 1.807) is 12.1 Å². The largest absolute Gasteiger partial charge is 0.388 e. The number of piperidine rings is 1. The average molecular weight is 345 g/mol. The highest BCUT2D eigenvalue weighted by molar-refractivity contribution is 5.19. The zero-order valence-corrected chi connectivity index (χ0v) is 14.9. The monoisotopic (exact) mass is 345 g/mol. The number of unbranched alkanes of at least 4 members (excludes halogenated alkanes) is 1. The van der Waals surface area contributed by atoms with Crippen LogP contribution in [0.2, 0.25) is 0 Å². The third-order valence-corrected chi connectivity index (χ3v) is 5.34. The van der Waals surface area contributed by atoms with Gasteiger partial charge >= 0.3 is 0 Å². The lowest BCUT2D eigenvalue weighted by Gasteiger charge is -2.34. The van der Waals surface area contributed by atoms with Gasteiger partial charge in [-0.05, 0) is 75.9 Å². The topological polar surface area (TPSA) is 41.3 Å². The van der Waals surface area contributed by atoms with E-state index >= 15 is 0 Å². The van der Waals surface area contributed by atoms with Gasteiger partial charge < -0.3 is 14.6 Å². The lowest BCUT2D eigenvalue weighted by atomic mass is 9.87. The van der Waals surface area contributed by atoms with Crippen LogP contribution in [0.1, 0.15) is 43.2 Å². The van der Waals surface area contributed by atoms with Gasteiger partial charge in [0.25, 0.3) is 0 Å². The van der Waals surface area contributed by atoms with E-state index in [-0.39, 0.29) is 11.7 Å². The quantitative estimate of drug-likeness (QED) is 0.780. The number of benzene rings is 1. The number of likely N-dealkylation sites (tertiary alicyclic amines) is 1. The molecule has 2 aromatic rings. The molecule has 2 heterocycles. The van der Waals surface area contributed by atoms with Crippen LogP contribution in [0.3, 0.4) is 0 Å². The molecule has 1 aromatic carbocycles. The molecule has 1 unspecified atom stereocenters. The summed E-state index contributed by atoms with van der Waals surface area (Å²) in [6.07, 6.45) is 7.76. The van der Waals surface area contributed by atoms with Crippen molar-refractivity contribution in [3.63, 3.8) is 0 Å². The van der Waals surface area contributed by atoms with Crippen molar-refractivity contribution in [1.82, 2.24) is 14.5 Å². The molecular weight excluding hydrogens is 317 g/mol. The minimum absolute atomic E-state index is 0.253. The van der Waals surface area contributed by atoms with Gasteiger partial charge in [0.15, 0.2) is 0 Å². The summed E-state index contributed by atoms with van der Waals surface area (Å²) >= 11 is 0. The maximum Gasteiger partial charge on any atom is 0.123 e. The van der Waals surface area contributed by atoms with E-state index in [4.69, 9.17) is 0 Å². The van der Waals surface area contributed by atoms with Crippen LogP contribution in [-0.4, -0.2) is 39.2 Å². The zero-order chi connectivity index (χ0) is 17.6. The molecule has 1 N–H and O–H groups in total. The van der Waals surface area contributed by atoms with Crippen molar-refractivity contribution in [3.05, 3.63) is 53.9 Å². The molecule has 5 heteroatoms. The molecule has 1 fully saturated rings. The Bertz CT molecular complexity index is 647. The summed E-state index contributed by atoms with van der Waals surface area (Å²) < 4.78 is 15.2. The number of hydrogen-bond acceptors (Lipinski definition) is 3. The van der Waals surface area contributed by atoms with Crippen molar-refractivity contribution in [2.45, 2.75) is 45.3 Å². The second-order valence-electron chi connectivity index (χ2n) is 7.05. The molecule has 0 aliphatic carbocycles. The van der Waals surface area contributed by atoms with E-state index in [2.05, 4.69) is 14.5 Å². The fraction of sp³-hybridized carbons (Fsp3) is 0.550.